The number of hydrogen-bond donors (Lipinski definition) is 2. The van der Waals surface area contributed by atoms with Crippen molar-refractivity contribution in [1.29, 1.82) is 0 Å². The van der Waals surface area contributed by atoms with Gasteiger partial charge in [0.25, 0.3) is 0 Å². The van der Waals surface area contributed by atoms with E-state index in [1.54, 1.807) is 0 Å². The quantitative estimate of drug-likeness (QED) is 0.632. The summed E-state index contributed by atoms with van der Waals surface area (Å²) >= 11 is 0. The van der Waals surface area contributed by atoms with Crippen molar-refractivity contribution in [2.75, 3.05) is 17.6 Å². The Hall–Kier alpha value is -2.14. The Morgan fingerprint density at radius 1 is 1.13 bits per heavy atom. The maximum absolute atomic E-state index is 12.0. The summed E-state index contributed by atoms with van der Waals surface area (Å²) in [6.07, 6.45) is 0. The SMILES string of the molecule is Cc1cc(C)cc(NC(N)=NCCS(=O)Cc2ccccc2)c1. The molecule has 0 heterocycles. The van der Waals surface area contributed by atoms with Crippen molar-refractivity contribution in [1.82, 2.24) is 0 Å². The van der Waals surface area contributed by atoms with Crippen LogP contribution in [0, 0.1) is 13.8 Å². The van der Waals surface area contributed by atoms with E-state index >= 15 is 0 Å². The largest absolute Gasteiger partial charge is 0.370 e. The number of anilines is 1. The van der Waals surface area contributed by atoms with Gasteiger partial charge in [0.1, 0.15) is 0 Å². The first-order valence-electron chi connectivity index (χ1n) is 7.57. The number of aliphatic imine (C=N–C) groups is 1. The van der Waals surface area contributed by atoms with E-state index in [1.165, 1.54) is 11.1 Å². The predicted octanol–water partition coefficient (Wildman–Crippen LogP) is 2.98. The van der Waals surface area contributed by atoms with Crippen LogP contribution in [0.1, 0.15) is 16.7 Å². The fourth-order valence-corrected chi connectivity index (χ4v) is 3.34. The minimum Gasteiger partial charge on any atom is -0.370 e. The molecule has 0 saturated heterocycles. The Morgan fingerprint density at radius 2 is 1.78 bits per heavy atom. The summed E-state index contributed by atoms with van der Waals surface area (Å²) in [7, 11) is -0.932. The van der Waals surface area contributed by atoms with E-state index in [4.69, 9.17) is 5.73 Å². The summed E-state index contributed by atoms with van der Waals surface area (Å²) in [5.74, 6) is 1.41. The minimum absolute atomic E-state index is 0.353. The Kier molecular flexibility index (Phi) is 6.35. The molecule has 0 aromatic heterocycles. The second-order valence-corrected chi connectivity index (χ2v) is 7.12. The van der Waals surface area contributed by atoms with Gasteiger partial charge in [0.2, 0.25) is 0 Å². The first-order valence-corrected chi connectivity index (χ1v) is 9.06. The lowest BCUT2D eigenvalue weighted by molar-refractivity contribution is 0.682. The Labute approximate surface area is 140 Å². The smallest absolute Gasteiger partial charge is 0.193 e. The third kappa shape index (κ3) is 6.24. The summed E-state index contributed by atoms with van der Waals surface area (Å²) in [6, 6.07) is 16.0. The molecule has 0 fully saturated rings. The van der Waals surface area contributed by atoms with Crippen LogP contribution in [-0.4, -0.2) is 22.5 Å². The molecule has 4 nitrogen and oxygen atoms in total. The van der Waals surface area contributed by atoms with Crippen molar-refractivity contribution in [3.8, 4) is 0 Å². The summed E-state index contributed by atoms with van der Waals surface area (Å²) in [4.78, 5) is 4.25. The van der Waals surface area contributed by atoms with Gasteiger partial charge in [-0.2, -0.15) is 0 Å². The van der Waals surface area contributed by atoms with Gasteiger partial charge in [-0.15, -0.1) is 0 Å². The lowest BCUT2D eigenvalue weighted by atomic mass is 10.1. The first-order chi connectivity index (χ1) is 11.0. The average molecular weight is 329 g/mol. The van der Waals surface area contributed by atoms with Gasteiger partial charge in [-0.1, -0.05) is 36.4 Å². The van der Waals surface area contributed by atoms with Crippen molar-refractivity contribution in [3.63, 3.8) is 0 Å². The fourth-order valence-electron chi connectivity index (χ4n) is 2.33. The fraction of sp³-hybridized carbons (Fsp3) is 0.278. The van der Waals surface area contributed by atoms with Gasteiger partial charge >= 0.3 is 0 Å². The van der Waals surface area contributed by atoms with Crippen molar-refractivity contribution < 1.29 is 4.21 Å². The Balaban J connectivity index is 1.81. The molecular weight excluding hydrogens is 306 g/mol. The molecule has 2 aromatic rings. The third-order valence-corrected chi connectivity index (χ3v) is 4.56. The van der Waals surface area contributed by atoms with E-state index < -0.39 is 10.8 Å². The zero-order valence-corrected chi connectivity index (χ0v) is 14.4. The molecule has 122 valence electrons. The number of nitrogens with one attached hydrogen (secondary N) is 1. The zero-order chi connectivity index (χ0) is 16.7. The Morgan fingerprint density at radius 3 is 2.43 bits per heavy atom. The van der Waals surface area contributed by atoms with Gasteiger partial charge in [-0.3, -0.25) is 9.20 Å². The molecule has 0 aliphatic rings. The predicted molar refractivity (Wildman–Crippen MR) is 99.2 cm³/mol. The number of benzene rings is 2. The molecule has 0 radical (unpaired) electrons. The van der Waals surface area contributed by atoms with Crippen molar-refractivity contribution >= 4 is 22.4 Å². The van der Waals surface area contributed by atoms with Crippen molar-refractivity contribution in [2.45, 2.75) is 19.6 Å². The monoisotopic (exact) mass is 329 g/mol. The third-order valence-electron chi connectivity index (χ3n) is 3.27. The highest BCUT2D eigenvalue weighted by Crippen LogP contribution is 2.13. The van der Waals surface area contributed by atoms with Crippen molar-refractivity contribution in [3.05, 3.63) is 65.2 Å². The van der Waals surface area contributed by atoms with Crippen LogP contribution in [-0.2, 0) is 16.6 Å². The lowest BCUT2D eigenvalue weighted by Gasteiger charge is -2.08. The molecule has 0 saturated carbocycles. The van der Waals surface area contributed by atoms with Gasteiger partial charge in [0.15, 0.2) is 5.96 Å². The summed E-state index contributed by atoms with van der Waals surface area (Å²) in [6.45, 7) is 4.53. The summed E-state index contributed by atoms with van der Waals surface area (Å²) in [5, 5.41) is 3.08. The van der Waals surface area contributed by atoms with Gasteiger partial charge in [-0.05, 0) is 42.7 Å². The molecule has 2 rings (SSSR count). The van der Waals surface area contributed by atoms with Crippen molar-refractivity contribution in [2.24, 2.45) is 10.7 Å². The summed E-state index contributed by atoms with van der Waals surface area (Å²) in [5.41, 5.74) is 10.2. The molecule has 3 N–H and O–H groups in total. The molecule has 5 heteroatoms. The molecule has 1 unspecified atom stereocenters. The molecule has 2 aromatic carbocycles. The van der Waals surface area contributed by atoms with E-state index in [0.29, 0.717) is 24.0 Å². The van der Waals surface area contributed by atoms with Crippen LogP contribution in [0.15, 0.2) is 53.5 Å². The number of nitrogens with zero attached hydrogens (tertiary/aromatic N) is 1. The van der Waals surface area contributed by atoms with Gasteiger partial charge in [0, 0.05) is 28.0 Å². The molecule has 0 bridgehead atoms. The molecule has 0 spiro atoms. The normalized spacial score (nSPS) is 12.9. The van der Waals surface area contributed by atoms with Crippen LogP contribution in [0.3, 0.4) is 0 Å². The van der Waals surface area contributed by atoms with Crippen LogP contribution in [0.5, 0.6) is 0 Å². The number of hydrogen-bond acceptors (Lipinski definition) is 2. The highest BCUT2D eigenvalue weighted by atomic mass is 32.2. The topological polar surface area (TPSA) is 67.5 Å². The van der Waals surface area contributed by atoms with Crippen LogP contribution in [0.2, 0.25) is 0 Å². The molecule has 1 atom stereocenters. The van der Waals surface area contributed by atoms with Crippen LogP contribution in [0.4, 0.5) is 5.69 Å². The average Bonchev–Trinajstić information content (AvgIpc) is 2.47. The number of aryl methyl sites for hydroxylation is 2. The molecule has 23 heavy (non-hydrogen) atoms. The molecular formula is C18H23N3OS. The van der Waals surface area contributed by atoms with E-state index in [1.807, 2.05) is 56.3 Å². The zero-order valence-electron chi connectivity index (χ0n) is 13.6. The van der Waals surface area contributed by atoms with Gasteiger partial charge in [0.05, 0.1) is 6.54 Å². The summed E-state index contributed by atoms with van der Waals surface area (Å²) < 4.78 is 12.0. The van der Waals surface area contributed by atoms with E-state index in [2.05, 4.69) is 16.4 Å². The minimum atomic E-state index is -0.932. The second kappa shape index (κ2) is 8.48. The van der Waals surface area contributed by atoms with Crippen LogP contribution < -0.4 is 11.1 Å². The maximum Gasteiger partial charge on any atom is 0.193 e. The highest BCUT2D eigenvalue weighted by Gasteiger charge is 2.02. The highest BCUT2D eigenvalue weighted by molar-refractivity contribution is 7.84. The standard InChI is InChI=1S/C18H23N3OS/c1-14-10-15(2)12-17(11-14)21-18(19)20-8-9-23(22)13-16-6-4-3-5-7-16/h3-7,10-12H,8-9,13H2,1-2H3,(H3,19,20,21). The first kappa shape index (κ1) is 17.2. The van der Waals surface area contributed by atoms with E-state index in [-0.39, 0.29) is 0 Å². The number of guanidine groups is 1. The maximum atomic E-state index is 12.0. The molecule has 0 amide bonds. The molecule has 0 aliphatic heterocycles. The van der Waals surface area contributed by atoms with Gasteiger partial charge < -0.3 is 11.1 Å². The number of rotatable bonds is 6. The van der Waals surface area contributed by atoms with Crippen LogP contribution >= 0.6 is 0 Å². The van der Waals surface area contributed by atoms with Crippen LogP contribution in [0.25, 0.3) is 0 Å². The van der Waals surface area contributed by atoms with E-state index in [9.17, 15) is 4.21 Å². The second-order valence-electron chi connectivity index (χ2n) is 5.54. The lowest BCUT2D eigenvalue weighted by Crippen LogP contribution is -2.23. The van der Waals surface area contributed by atoms with E-state index in [0.717, 1.165) is 11.3 Å². The van der Waals surface area contributed by atoms with Gasteiger partial charge in [-0.25, -0.2) is 0 Å². The Bertz CT molecular complexity index is 678. The number of nitrogens with two attached hydrogens (primary N) is 1. The molecule has 0 aliphatic carbocycles.